The topological polar surface area (TPSA) is 42.2 Å². The number of aromatic hydroxyl groups is 1. The number of hydrogen-bond donors (Lipinski definition) is 1. The third kappa shape index (κ3) is 2.17. The van der Waals surface area contributed by atoms with E-state index in [9.17, 15) is 9.90 Å². The Balaban J connectivity index is 2.40. The monoisotopic (exact) mass is 283 g/mol. The lowest BCUT2D eigenvalue weighted by atomic mass is 9.99. The third-order valence-corrected chi connectivity index (χ3v) is 4.13. The Morgan fingerprint density at radius 2 is 1.76 bits per heavy atom. The van der Waals surface area contributed by atoms with Crippen LogP contribution in [0.3, 0.4) is 0 Å². The third-order valence-electron chi connectivity index (χ3n) is 4.13. The van der Waals surface area contributed by atoms with Gasteiger partial charge in [0.05, 0.1) is 5.56 Å². The zero-order valence-corrected chi connectivity index (χ0v) is 12.8. The zero-order chi connectivity index (χ0) is 15.2. The van der Waals surface area contributed by atoms with Crippen molar-refractivity contribution in [1.82, 2.24) is 4.57 Å². The summed E-state index contributed by atoms with van der Waals surface area (Å²) in [6, 6.07) is 9.46. The summed E-state index contributed by atoms with van der Waals surface area (Å²) in [6.07, 6.45) is 2.71. The Hall–Kier alpha value is -2.03. The van der Waals surface area contributed by atoms with Crippen molar-refractivity contribution in [1.29, 1.82) is 0 Å². The van der Waals surface area contributed by atoms with Crippen LogP contribution in [0.25, 0.3) is 11.1 Å². The maximum atomic E-state index is 13.0. The van der Waals surface area contributed by atoms with E-state index in [0.29, 0.717) is 5.56 Å². The highest BCUT2D eigenvalue weighted by molar-refractivity contribution is 5.71. The molecule has 1 aliphatic rings. The van der Waals surface area contributed by atoms with Crippen LogP contribution >= 0.6 is 0 Å². The first kappa shape index (κ1) is 13.9. The SMILES string of the molecule is CC(C)(C)n1c2c(c(O)c(-c3ccccc3)c1=O)CCC2. The normalized spacial score (nSPS) is 14.2. The number of benzene rings is 1. The summed E-state index contributed by atoms with van der Waals surface area (Å²) in [5, 5.41) is 10.6. The Morgan fingerprint density at radius 3 is 2.38 bits per heavy atom. The molecular weight excluding hydrogens is 262 g/mol. The highest BCUT2D eigenvalue weighted by atomic mass is 16.3. The Kier molecular flexibility index (Phi) is 3.16. The molecule has 0 saturated carbocycles. The van der Waals surface area contributed by atoms with E-state index in [4.69, 9.17) is 0 Å². The van der Waals surface area contributed by atoms with Gasteiger partial charge in [0.2, 0.25) is 0 Å². The molecule has 3 rings (SSSR count). The molecule has 1 aromatic heterocycles. The lowest BCUT2D eigenvalue weighted by Crippen LogP contribution is -2.37. The fourth-order valence-electron chi connectivity index (χ4n) is 3.29. The molecule has 0 atom stereocenters. The molecule has 0 bridgehead atoms. The molecule has 1 aliphatic carbocycles. The molecule has 0 radical (unpaired) electrons. The molecule has 1 aromatic carbocycles. The standard InChI is InChI=1S/C18H21NO2/c1-18(2,3)19-14-11-7-10-13(14)16(20)15(17(19)21)12-8-5-4-6-9-12/h4-6,8-9,20H,7,10-11H2,1-3H3. The van der Waals surface area contributed by atoms with Crippen molar-refractivity contribution in [2.75, 3.05) is 0 Å². The predicted molar refractivity (Wildman–Crippen MR) is 84.8 cm³/mol. The molecule has 0 spiro atoms. The summed E-state index contributed by atoms with van der Waals surface area (Å²) in [4.78, 5) is 13.0. The first-order valence-corrected chi connectivity index (χ1v) is 7.47. The smallest absolute Gasteiger partial charge is 0.262 e. The minimum absolute atomic E-state index is 0.0909. The van der Waals surface area contributed by atoms with Gasteiger partial charge in [-0.15, -0.1) is 0 Å². The lowest BCUT2D eigenvalue weighted by Gasteiger charge is -2.27. The van der Waals surface area contributed by atoms with E-state index in [1.807, 2.05) is 55.7 Å². The first-order valence-electron chi connectivity index (χ1n) is 7.47. The quantitative estimate of drug-likeness (QED) is 0.871. The molecule has 2 aromatic rings. The Morgan fingerprint density at radius 1 is 1.10 bits per heavy atom. The molecule has 0 unspecified atom stereocenters. The van der Waals surface area contributed by atoms with Gasteiger partial charge in [0, 0.05) is 16.8 Å². The number of hydrogen-bond acceptors (Lipinski definition) is 2. The van der Waals surface area contributed by atoms with Crippen LogP contribution in [-0.4, -0.2) is 9.67 Å². The Labute approximate surface area is 124 Å². The van der Waals surface area contributed by atoms with Crippen LogP contribution in [0.1, 0.15) is 38.4 Å². The van der Waals surface area contributed by atoms with Gasteiger partial charge in [0.25, 0.3) is 5.56 Å². The van der Waals surface area contributed by atoms with E-state index >= 15 is 0 Å². The van der Waals surface area contributed by atoms with E-state index in [1.54, 1.807) is 0 Å². The number of aromatic nitrogens is 1. The first-order chi connectivity index (χ1) is 9.91. The summed E-state index contributed by atoms with van der Waals surface area (Å²) >= 11 is 0. The summed E-state index contributed by atoms with van der Waals surface area (Å²) in [5.41, 5.74) is 2.79. The van der Waals surface area contributed by atoms with E-state index in [2.05, 4.69) is 0 Å². The van der Waals surface area contributed by atoms with Crippen LogP contribution in [-0.2, 0) is 18.4 Å². The molecule has 21 heavy (non-hydrogen) atoms. The zero-order valence-electron chi connectivity index (χ0n) is 12.8. The van der Waals surface area contributed by atoms with Crippen molar-refractivity contribution in [2.24, 2.45) is 0 Å². The second-order valence-corrected chi connectivity index (χ2v) is 6.68. The molecule has 0 fully saturated rings. The van der Waals surface area contributed by atoms with Gasteiger partial charge in [-0.2, -0.15) is 0 Å². The van der Waals surface area contributed by atoms with Gasteiger partial charge in [-0.1, -0.05) is 30.3 Å². The van der Waals surface area contributed by atoms with Crippen LogP contribution < -0.4 is 5.56 Å². The number of pyridine rings is 1. The van der Waals surface area contributed by atoms with Crippen LogP contribution in [0, 0.1) is 0 Å². The van der Waals surface area contributed by atoms with Crippen LogP contribution in [0.15, 0.2) is 35.1 Å². The van der Waals surface area contributed by atoms with E-state index in [-0.39, 0.29) is 16.8 Å². The largest absolute Gasteiger partial charge is 0.507 e. The maximum Gasteiger partial charge on any atom is 0.262 e. The molecule has 3 heteroatoms. The maximum absolute atomic E-state index is 13.0. The number of rotatable bonds is 1. The van der Waals surface area contributed by atoms with Gasteiger partial charge in [-0.25, -0.2) is 0 Å². The van der Waals surface area contributed by atoms with Gasteiger partial charge in [-0.05, 0) is 45.6 Å². The van der Waals surface area contributed by atoms with Crippen molar-refractivity contribution in [3.8, 4) is 16.9 Å². The van der Waals surface area contributed by atoms with Crippen molar-refractivity contribution in [3.63, 3.8) is 0 Å². The van der Waals surface area contributed by atoms with Gasteiger partial charge in [0.1, 0.15) is 5.75 Å². The molecule has 3 nitrogen and oxygen atoms in total. The Bertz CT molecular complexity index is 737. The molecular formula is C18H21NO2. The van der Waals surface area contributed by atoms with Crippen LogP contribution in [0.4, 0.5) is 0 Å². The van der Waals surface area contributed by atoms with Crippen LogP contribution in [0.2, 0.25) is 0 Å². The average molecular weight is 283 g/mol. The van der Waals surface area contributed by atoms with Gasteiger partial charge in [0.15, 0.2) is 0 Å². The fraction of sp³-hybridized carbons (Fsp3) is 0.389. The molecule has 0 amide bonds. The van der Waals surface area contributed by atoms with Gasteiger partial charge in [-0.3, -0.25) is 4.79 Å². The van der Waals surface area contributed by atoms with Crippen molar-refractivity contribution >= 4 is 0 Å². The lowest BCUT2D eigenvalue weighted by molar-refractivity contribution is 0.368. The minimum Gasteiger partial charge on any atom is -0.507 e. The highest BCUT2D eigenvalue weighted by Gasteiger charge is 2.29. The fourth-order valence-corrected chi connectivity index (χ4v) is 3.29. The molecule has 0 saturated heterocycles. The van der Waals surface area contributed by atoms with E-state index in [1.165, 1.54) is 0 Å². The summed E-state index contributed by atoms with van der Waals surface area (Å²) < 4.78 is 1.87. The van der Waals surface area contributed by atoms with Gasteiger partial charge >= 0.3 is 0 Å². The van der Waals surface area contributed by atoms with Crippen molar-refractivity contribution < 1.29 is 5.11 Å². The molecule has 1 N–H and O–H groups in total. The average Bonchev–Trinajstić information content (AvgIpc) is 2.87. The van der Waals surface area contributed by atoms with Crippen molar-refractivity contribution in [3.05, 3.63) is 51.9 Å². The van der Waals surface area contributed by atoms with E-state index < -0.39 is 0 Å². The summed E-state index contributed by atoms with van der Waals surface area (Å²) in [5.74, 6) is 0.180. The van der Waals surface area contributed by atoms with Gasteiger partial charge < -0.3 is 9.67 Å². The summed E-state index contributed by atoms with van der Waals surface area (Å²) in [6.45, 7) is 6.12. The second kappa shape index (κ2) is 4.76. The highest BCUT2D eigenvalue weighted by Crippen LogP contribution is 2.37. The summed E-state index contributed by atoms with van der Waals surface area (Å²) in [7, 11) is 0. The van der Waals surface area contributed by atoms with E-state index in [0.717, 1.165) is 36.1 Å². The van der Waals surface area contributed by atoms with Crippen LogP contribution in [0.5, 0.6) is 5.75 Å². The predicted octanol–water partition coefficient (Wildman–Crippen LogP) is 3.46. The number of nitrogens with zero attached hydrogens (tertiary/aromatic N) is 1. The number of fused-ring (bicyclic) bond motifs is 1. The molecule has 1 heterocycles. The minimum atomic E-state index is -0.289. The molecule has 110 valence electrons. The van der Waals surface area contributed by atoms with Crippen molar-refractivity contribution in [2.45, 2.75) is 45.6 Å². The molecule has 0 aliphatic heterocycles. The second-order valence-electron chi connectivity index (χ2n) is 6.68.